The number of aliphatic hydroxyl groups excluding tert-OH is 1. The number of nitrogens with zero attached hydrogens (tertiary/aromatic N) is 2. The van der Waals surface area contributed by atoms with Crippen molar-refractivity contribution in [2.45, 2.75) is 20.0 Å². The Kier molecular flexibility index (Phi) is 3.95. The van der Waals surface area contributed by atoms with Crippen molar-refractivity contribution in [3.05, 3.63) is 57.8 Å². The van der Waals surface area contributed by atoms with Gasteiger partial charge in [-0.2, -0.15) is 0 Å². The van der Waals surface area contributed by atoms with Gasteiger partial charge < -0.3 is 9.84 Å². The molecule has 104 valence electrons. The van der Waals surface area contributed by atoms with Crippen LogP contribution in [0.1, 0.15) is 24.2 Å². The SMILES string of the molecule is Cc1ccc([N+](=O)[O-])cc1Oc1ncccc1[C@@H](C)O. The van der Waals surface area contributed by atoms with Crippen molar-refractivity contribution in [2.24, 2.45) is 0 Å². The number of hydrogen-bond acceptors (Lipinski definition) is 5. The highest BCUT2D eigenvalue weighted by Gasteiger charge is 2.14. The molecule has 0 saturated heterocycles. The van der Waals surface area contributed by atoms with Crippen LogP contribution in [0.25, 0.3) is 0 Å². The summed E-state index contributed by atoms with van der Waals surface area (Å²) in [5.74, 6) is 0.589. The number of aryl methyl sites for hydroxylation is 1. The average molecular weight is 274 g/mol. The van der Waals surface area contributed by atoms with E-state index in [0.717, 1.165) is 5.56 Å². The molecule has 0 aliphatic heterocycles. The summed E-state index contributed by atoms with van der Waals surface area (Å²) in [5, 5.41) is 20.5. The van der Waals surface area contributed by atoms with Gasteiger partial charge in [0, 0.05) is 17.8 Å². The molecule has 2 rings (SSSR count). The van der Waals surface area contributed by atoms with E-state index >= 15 is 0 Å². The molecule has 6 heteroatoms. The number of non-ortho nitro benzene ring substituents is 1. The highest BCUT2D eigenvalue weighted by Crippen LogP contribution is 2.31. The van der Waals surface area contributed by atoms with Crippen LogP contribution in [0, 0.1) is 17.0 Å². The Labute approximate surface area is 115 Å². The summed E-state index contributed by atoms with van der Waals surface area (Å²) in [7, 11) is 0. The second kappa shape index (κ2) is 5.66. The molecule has 1 atom stereocenters. The molecular formula is C14H14N2O4. The van der Waals surface area contributed by atoms with Crippen LogP contribution in [0.5, 0.6) is 11.6 Å². The smallest absolute Gasteiger partial charge is 0.273 e. The Morgan fingerprint density at radius 1 is 1.40 bits per heavy atom. The molecule has 0 bridgehead atoms. The second-order valence-corrected chi connectivity index (χ2v) is 4.38. The number of aliphatic hydroxyl groups is 1. The molecule has 6 nitrogen and oxygen atoms in total. The third kappa shape index (κ3) is 2.92. The molecule has 0 spiro atoms. The van der Waals surface area contributed by atoms with Crippen LogP contribution in [0.3, 0.4) is 0 Å². The summed E-state index contributed by atoms with van der Waals surface area (Å²) in [5.41, 5.74) is 1.22. The van der Waals surface area contributed by atoms with Gasteiger partial charge in [-0.15, -0.1) is 0 Å². The van der Waals surface area contributed by atoms with Gasteiger partial charge in [0.15, 0.2) is 0 Å². The van der Waals surface area contributed by atoms with Gasteiger partial charge in [-0.05, 0) is 37.6 Å². The fraction of sp³-hybridized carbons (Fsp3) is 0.214. The number of pyridine rings is 1. The minimum atomic E-state index is -0.738. The van der Waals surface area contributed by atoms with E-state index in [1.54, 1.807) is 32.0 Å². The van der Waals surface area contributed by atoms with Crippen LogP contribution in [-0.2, 0) is 0 Å². The first-order chi connectivity index (χ1) is 9.49. The molecule has 1 heterocycles. The zero-order valence-electron chi connectivity index (χ0n) is 11.1. The summed E-state index contributed by atoms with van der Waals surface area (Å²) >= 11 is 0. The number of benzene rings is 1. The standard InChI is InChI=1S/C14H14N2O4/c1-9-5-6-11(16(18)19)8-13(9)20-14-12(10(2)17)4-3-7-15-14/h3-8,10,17H,1-2H3/t10-/m1/s1. The molecule has 0 unspecified atom stereocenters. The van der Waals surface area contributed by atoms with Crippen LogP contribution in [-0.4, -0.2) is 15.0 Å². The zero-order chi connectivity index (χ0) is 14.7. The summed E-state index contributed by atoms with van der Waals surface area (Å²) in [4.78, 5) is 14.4. The maximum absolute atomic E-state index is 10.8. The predicted octanol–water partition coefficient (Wildman–Crippen LogP) is 3.14. The van der Waals surface area contributed by atoms with Gasteiger partial charge in [-0.3, -0.25) is 10.1 Å². The molecule has 0 fully saturated rings. The van der Waals surface area contributed by atoms with Crippen molar-refractivity contribution in [3.63, 3.8) is 0 Å². The molecule has 2 aromatic rings. The highest BCUT2D eigenvalue weighted by atomic mass is 16.6. The van der Waals surface area contributed by atoms with E-state index in [9.17, 15) is 15.2 Å². The average Bonchev–Trinajstić information content (AvgIpc) is 2.41. The van der Waals surface area contributed by atoms with E-state index in [-0.39, 0.29) is 11.6 Å². The van der Waals surface area contributed by atoms with Gasteiger partial charge >= 0.3 is 0 Å². The predicted molar refractivity (Wildman–Crippen MR) is 72.8 cm³/mol. The van der Waals surface area contributed by atoms with E-state index < -0.39 is 11.0 Å². The van der Waals surface area contributed by atoms with Gasteiger partial charge in [-0.1, -0.05) is 0 Å². The quantitative estimate of drug-likeness (QED) is 0.683. The van der Waals surface area contributed by atoms with E-state index in [2.05, 4.69) is 4.98 Å². The number of ether oxygens (including phenoxy) is 1. The first-order valence-electron chi connectivity index (χ1n) is 6.05. The minimum Gasteiger partial charge on any atom is -0.438 e. The molecule has 20 heavy (non-hydrogen) atoms. The molecule has 0 radical (unpaired) electrons. The fourth-order valence-electron chi connectivity index (χ4n) is 1.72. The van der Waals surface area contributed by atoms with E-state index in [4.69, 9.17) is 4.74 Å². The van der Waals surface area contributed by atoms with Crippen molar-refractivity contribution in [3.8, 4) is 11.6 Å². The van der Waals surface area contributed by atoms with Gasteiger partial charge in [0.05, 0.1) is 17.1 Å². The maximum Gasteiger partial charge on any atom is 0.273 e. The highest BCUT2D eigenvalue weighted by molar-refractivity contribution is 5.46. The first-order valence-corrected chi connectivity index (χ1v) is 6.05. The minimum absolute atomic E-state index is 0.0554. The monoisotopic (exact) mass is 274 g/mol. The molecular weight excluding hydrogens is 260 g/mol. The van der Waals surface area contributed by atoms with Gasteiger partial charge in [0.25, 0.3) is 5.69 Å². The Bertz CT molecular complexity index is 641. The van der Waals surface area contributed by atoms with Gasteiger partial charge in [0.2, 0.25) is 5.88 Å². The van der Waals surface area contributed by atoms with Crippen LogP contribution >= 0.6 is 0 Å². The summed E-state index contributed by atoms with van der Waals surface area (Å²) < 4.78 is 5.62. The Morgan fingerprint density at radius 2 is 2.15 bits per heavy atom. The van der Waals surface area contributed by atoms with Gasteiger partial charge in [0.1, 0.15) is 5.75 Å². The molecule has 1 N–H and O–H groups in total. The maximum atomic E-state index is 10.8. The first kappa shape index (κ1) is 14.0. The van der Waals surface area contributed by atoms with Crippen LogP contribution < -0.4 is 4.74 Å². The van der Waals surface area contributed by atoms with Crippen molar-refractivity contribution < 1.29 is 14.8 Å². The lowest BCUT2D eigenvalue weighted by atomic mass is 10.1. The van der Waals surface area contributed by atoms with Crippen molar-refractivity contribution in [2.75, 3.05) is 0 Å². The lowest BCUT2D eigenvalue weighted by molar-refractivity contribution is -0.384. The normalized spacial score (nSPS) is 11.9. The third-order valence-electron chi connectivity index (χ3n) is 2.84. The van der Waals surface area contributed by atoms with Gasteiger partial charge in [-0.25, -0.2) is 4.98 Å². The lowest BCUT2D eigenvalue weighted by Crippen LogP contribution is -1.99. The van der Waals surface area contributed by atoms with Crippen molar-refractivity contribution in [1.29, 1.82) is 0 Å². The number of rotatable bonds is 4. The molecule has 0 amide bonds. The largest absolute Gasteiger partial charge is 0.438 e. The number of aromatic nitrogens is 1. The van der Waals surface area contributed by atoms with Crippen LogP contribution in [0.15, 0.2) is 36.5 Å². The van der Waals surface area contributed by atoms with Crippen molar-refractivity contribution >= 4 is 5.69 Å². The molecule has 0 aliphatic carbocycles. The third-order valence-corrected chi connectivity index (χ3v) is 2.84. The fourth-order valence-corrected chi connectivity index (χ4v) is 1.72. The molecule has 1 aromatic carbocycles. The Balaban J connectivity index is 2.40. The molecule has 0 aliphatic rings. The Morgan fingerprint density at radius 3 is 2.80 bits per heavy atom. The Hall–Kier alpha value is -2.47. The van der Waals surface area contributed by atoms with Crippen LogP contribution in [0.4, 0.5) is 5.69 Å². The topological polar surface area (TPSA) is 85.5 Å². The van der Waals surface area contributed by atoms with E-state index in [1.807, 2.05) is 0 Å². The zero-order valence-corrected chi connectivity index (χ0v) is 11.1. The second-order valence-electron chi connectivity index (χ2n) is 4.38. The summed E-state index contributed by atoms with van der Waals surface area (Å²) in [6.45, 7) is 3.38. The summed E-state index contributed by atoms with van der Waals surface area (Å²) in [6, 6.07) is 7.75. The number of hydrogen-bond donors (Lipinski definition) is 1. The lowest BCUT2D eigenvalue weighted by Gasteiger charge is -2.12. The molecule has 0 saturated carbocycles. The van der Waals surface area contributed by atoms with Crippen molar-refractivity contribution in [1.82, 2.24) is 4.98 Å². The summed E-state index contributed by atoms with van der Waals surface area (Å²) in [6.07, 6.45) is 0.797. The van der Waals surface area contributed by atoms with Crippen LogP contribution in [0.2, 0.25) is 0 Å². The number of nitro benzene ring substituents is 1. The number of nitro groups is 1. The molecule has 1 aromatic heterocycles. The van der Waals surface area contributed by atoms with E-state index in [0.29, 0.717) is 11.3 Å². The van der Waals surface area contributed by atoms with E-state index in [1.165, 1.54) is 18.3 Å².